The largest absolute Gasteiger partial charge is 0.573 e. The van der Waals surface area contributed by atoms with Crippen LogP contribution < -0.4 is 4.74 Å². The third-order valence-corrected chi connectivity index (χ3v) is 3.00. The molecule has 5 heteroatoms. The van der Waals surface area contributed by atoms with Gasteiger partial charge in [-0.15, -0.1) is 13.2 Å². The van der Waals surface area contributed by atoms with Crippen LogP contribution in [0.15, 0.2) is 48.5 Å². The van der Waals surface area contributed by atoms with Gasteiger partial charge in [-0.3, -0.25) is 0 Å². The van der Waals surface area contributed by atoms with Crippen LogP contribution in [-0.4, -0.2) is 6.36 Å². The lowest BCUT2D eigenvalue weighted by atomic mass is 9.92. The number of rotatable bonds is 3. The molecule has 0 heterocycles. The second kappa shape index (κ2) is 5.88. The van der Waals surface area contributed by atoms with Gasteiger partial charge in [-0.25, -0.2) is 0 Å². The van der Waals surface area contributed by atoms with Crippen LogP contribution in [0.3, 0.4) is 0 Å². The van der Waals surface area contributed by atoms with E-state index in [2.05, 4.69) is 10.8 Å². The Kier molecular flexibility index (Phi) is 4.18. The second-order valence-corrected chi connectivity index (χ2v) is 4.51. The Morgan fingerprint density at radius 3 is 2.48 bits per heavy atom. The molecule has 2 rings (SSSR count). The Bertz CT molecular complexity index is 674. The monoisotopic (exact) mass is 291 g/mol. The summed E-state index contributed by atoms with van der Waals surface area (Å²) in [5.41, 5.74) is 2.07. The van der Waals surface area contributed by atoms with Gasteiger partial charge in [0.25, 0.3) is 0 Å². The molecule has 0 aliphatic heterocycles. The van der Waals surface area contributed by atoms with Crippen molar-refractivity contribution in [3.8, 4) is 22.9 Å². The van der Waals surface area contributed by atoms with Gasteiger partial charge >= 0.3 is 6.36 Å². The average Bonchev–Trinajstić information content (AvgIpc) is 2.45. The molecule has 0 bridgehead atoms. The lowest BCUT2D eigenvalue weighted by Crippen LogP contribution is -2.17. The summed E-state index contributed by atoms with van der Waals surface area (Å²) in [6, 6.07) is 15.0. The molecular formula is C16H12F3NO. The van der Waals surface area contributed by atoms with Crippen molar-refractivity contribution >= 4 is 0 Å². The first-order chi connectivity index (χ1) is 9.90. The van der Waals surface area contributed by atoms with E-state index in [0.717, 1.165) is 11.1 Å². The van der Waals surface area contributed by atoms with E-state index in [1.54, 1.807) is 37.3 Å². The Morgan fingerprint density at radius 1 is 1.10 bits per heavy atom. The minimum absolute atomic E-state index is 0.278. The Morgan fingerprint density at radius 2 is 1.81 bits per heavy atom. The van der Waals surface area contributed by atoms with Gasteiger partial charge in [-0.05, 0) is 35.7 Å². The predicted octanol–water partition coefficient (Wildman–Crippen LogP) is 4.88. The molecule has 0 N–H and O–H groups in total. The van der Waals surface area contributed by atoms with E-state index >= 15 is 0 Å². The van der Waals surface area contributed by atoms with Crippen molar-refractivity contribution in [2.24, 2.45) is 0 Å². The lowest BCUT2D eigenvalue weighted by Gasteiger charge is -2.13. The van der Waals surface area contributed by atoms with Crippen molar-refractivity contribution in [2.45, 2.75) is 19.2 Å². The van der Waals surface area contributed by atoms with Gasteiger partial charge in [0.15, 0.2) is 0 Å². The Labute approximate surface area is 120 Å². The summed E-state index contributed by atoms with van der Waals surface area (Å²) in [5, 5.41) is 9.04. The van der Waals surface area contributed by atoms with Crippen LogP contribution in [0, 0.1) is 11.3 Å². The number of benzene rings is 2. The number of nitriles is 1. The van der Waals surface area contributed by atoms with Crippen molar-refractivity contribution < 1.29 is 17.9 Å². The molecule has 0 spiro atoms. The number of hydrogen-bond donors (Lipinski definition) is 0. The molecule has 0 amide bonds. The van der Waals surface area contributed by atoms with E-state index in [4.69, 9.17) is 5.26 Å². The fraction of sp³-hybridized carbons (Fsp3) is 0.188. The van der Waals surface area contributed by atoms with Crippen LogP contribution in [0.2, 0.25) is 0 Å². The molecule has 2 aromatic carbocycles. The van der Waals surface area contributed by atoms with E-state index in [0.29, 0.717) is 5.56 Å². The molecule has 0 saturated heterocycles. The molecule has 0 fully saturated rings. The molecule has 0 aliphatic rings. The highest BCUT2D eigenvalue weighted by Crippen LogP contribution is 2.32. The van der Waals surface area contributed by atoms with Crippen molar-refractivity contribution in [1.82, 2.24) is 0 Å². The number of halogens is 3. The summed E-state index contributed by atoms with van der Waals surface area (Å²) < 4.78 is 40.7. The zero-order valence-corrected chi connectivity index (χ0v) is 11.2. The van der Waals surface area contributed by atoms with Crippen molar-refractivity contribution in [1.29, 1.82) is 5.26 Å². The summed E-state index contributed by atoms with van der Waals surface area (Å²) in [6.45, 7) is 1.74. The molecule has 0 aliphatic carbocycles. The third-order valence-electron chi connectivity index (χ3n) is 3.00. The minimum atomic E-state index is -4.72. The third kappa shape index (κ3) is 3.76. The summed E-state index contributed by atoms with van der Waals surface area (Å²) in [5.74, 6) is -0.632. The smallest absolute Gasteiger partial charge is 0.406 e. The molecular weight excluding hydrogens is 279 g/mol. The maximum absolute atomic E-state index is 12.3. The van der Waals surface area contributed by atoms with Crippen LogP contribution >= 0.6 is 0 Å². The minimum Gasteiger partial charge on any atom is -0.406 e. The normalized spacial score (nSPS) is 12.5. The summed E-state index contributed by atoms with van der Waals surface area (Å²) in [6.07, 6.45) is -4.72. The van der Waals surface area contributed by atoms with E-state index in [-0.39, 0.29) is 11.7 Å². The first kappa shape index (κ1) is 14.9. The highest BCUT2D eigenvalue weighted by molar-refractivity contribution is 5.69. The second-order valence-electron chi connectivity index (χ2n) is 4.51. The first-order valence-electron chi connectivity index (χ1n) is 6.25. The maximum Gasteiger partial charge on any atom is 0.573 e. The fourth-order valence-corrected chi connectivity index (χ4v) is 2.07. The van der Waals surface area contributed by atoms with Gasteiger partial charge in [0.1, 0.15) is 5.75 Å². The van der Waals surface area contributed by atoms with Crippen LogP contribution in [0.5, 0.6) is 5.75 Å². The summed E-state index contributed by atoms with van der Waals surface area (Å²) in [7, 11) is 0. The van der Waals surface area contributed by atoms with Gasteiger partial charge < -0.3 is 4.74 Å². The molecule has 0 saturated carbocycles. The molecule has 0 radical (unpaired) electrons. The lowest BCUT2D eigenvalue weighted by molar-refractivity contribution is -0.274. The topological polar surface area (TPSA) is 33.0 Å². The zero-order valence-electron chi connectivity index (χ0n) is 11.2. The van der Waals surface area contributed by atoms with E-state index in [1.807, 2.05) is 0 Å². The van der Waals surface area contributed by atoms with Crippen LogP contribution in [0.4, 0.5) is 13.2 Å². The highest BCUT2D eigenvalue weighted by atomic mass is 19.4. The van der Waals surface area contributed by atoms with E-state index < -0.39 is 6.36 Å². The molecule has 1 atom stereocenters. The molecule has 108 valence electrons. The van der Waals surface area contributed by atoms with Gasteiger partial charge in [0.05, 0.1) is 12.0 Å². The molecule has 2 aromatic rings. The van der Waals surface area contributed by atoms with Crippen molar-refractivity contribution in [3.63, 3.8) is 0 Å². The summed E-state index contributed by atoms with van der Waals surface area (Å²) in [4.78, 5) is 0. The Balaban J connectivity index is 2.44. The van der Waals surface area contributed by atoms with Gasteiger partial charge in [-0.2, -0.15) is 5.26 Å². The van der Waals surface area contributed by atoms with Crippen LogP contribution in [0.1, 0.15) is 18.4 Å². The fourth-order valence-electron chi connectivity index (χ4n) is 2.07. The predicted molar refractivity (Wildman–Crippen MR) is 72.6 cm³/mol. The van der Waals surface area contributed by atoms with Crippen LogP contribution in [0.25, 0.3) is 11.1 Å². The van der Waals surface area contributed by atoms with Gasteiger partial charge in [-0.1, -0.05) is 36.4 Å². The molecule has 21 heavy (non-hydrogen) atoms. The zero-order chi connectivity index (χ0) is 15.5. The maximum atomic E-state index is 12.3. The number of alkyl halides is 3. The highest BCUT2D eigenvalue weighted by Gasteiger charge is 2.31. The Hall–Kier alpha value is -2.48. The van der Waals surface area contributed by atoms with E-state index in [1.165, 1.54) is 18.2 Å². The summed E-state index contributed by atoms with van der Waals surface area (Å²) >= 11 is 0. The standard InChI is InChI=1S/C16H12F3NO/c1-11(10-20)14-7-2-3-8-15(14)12-5-4-6-13(9-12)21-16(17,18)19/h2-9,11H,1H3. The number of nitrogens with zero attached hydrogens (tertiary/aromatic N) is 1. The number of hydrogen-bond acceptors (Lipinski definition) is 2. The van der Waals surface area contributed by atoms with Crippen molar-refractivity contribution in [3.05, 3.63) is 54.1 Å². The van der Waals surface area contributed by atoms with Gasteiger partial charge in [0.2, 0.25) is 0 Å². The van der Waals surface area contributed by atoms with E-state index in [9.17, 15) is 13.2 Å². The average molecular weight is 291 g/mol. The quantitative estimate of drug-likeness (QED) is 0.807. The molecule has 0 aromatic heterocycles. The van der Waals surface area contributed by atoms with Gasteiger partial charge in [0, 0.05) is 0 Å². The number of ether oxygens (including phenoxy) is 1. The van der Waals surface area contributed by atoms with Crippen LogP contribution in [-0.2, 0) is 0 Å². The molecule has 2 nitrogen and oxygen atoms in total. The molecule has 1 unspecified atom stereocenters. The first-order valence-corrected chi connectivity index (χ1v) is 6.25. The SMILES string of the molecule is CC(C#N)c1ccccc1-c1cccc(OC(F)(F)F)c1. The van der Waals surface area contributed by atoms with Crippen molar-refractivity contribution in [2.75, 3.05) is 0 Å².